The number of hydrogen-bond donors (Lipinski definition) is 1. The summed E-state index contributed by atoms with van der Waals surface area (Å²) in [6.07, 6.45) is 6.66. The number of nitrogens with one attached hydrogen (secondary N) is 1. The normalized spacial score (nSPS) is 10.4. The number of ether oxygens (including phenoxy) is 1. The SMILES string of the molecule is Cl.Clc1ccc(COc2ccccc2CNCCCn2ccnc2)c(Cl)c1. The van der Waals surface area contributed by atoms with E-state index in [1.54, 1.807) is 12.3 Å². The Hall–Kier alpha value is -1.72. The van der Waals surface area contributed by atoms with E-state index in [0.717, 1.165) is 42.9 Å². The van der Waals surface area contributed by atoms with Crippen LogP contribution in [0, 0.1) is 0 Å². The number of hydrogen-bond acceptors (Lipinski definition) is 3. The van der Waals surface area contributed by atoms with E-state index in [1.165, 1.54) is 0 Å². The van der Waals surface area contributed by atoms with Crippen molar-refractivity contribution in [3.8, 4) is 5.75 Å². The summed E-state index contributed by atoms with van der Waals surface area (Å²) in [5.74, 6) is 0.862. The van der Waals surface area contributed by atoms with Gasteiger partial charge in [0.05, 0.1) is 6.33 Å². The number of aromatic nitrogens is 2. The lowest BCUT2D eigenvalue weighted by atomic mass is 10.2. The first-order valence-electron chi connectivity index (χ1n) is 8.53. The van der Waals surface area contributed by atoms with E-state index in [-0.39, 0.29) is 12.4 Å². The van der Waals surface area contributed by atoms with Gasteiger partial charge in [-0.1, -0.05) is 47.5 Å². The fourth-order valence-corrected chi connectivity index (χ4v) is 3.08. The van der Waals surface area contributed by atoms with Gasteiger partial charge in [-0.3, -0.25) is 0 Å². The number of aryl methyl sites for hydroxylation is 1. The molecule has 0 amide bonds. The van der Waals surface area contributed by atoms with E-state index < -0.39 is 0 Å². The van der Waals surface area contributed by atoms with E-state index in [2.05, 4.69) is 20.9 Å². The quantitative estimate of drug-likeness (QED) is 0.467. The molecule has 7 heteroatoms. The van der Waals surface area contributed by atoms with Gasteiger partial charge in [-0.25, -0.2) is 4.98 Å². The highest BCUT2D eigenvalue weighted by Gasteiger charge is 2.06. The third kappa shape index (κ3) is 6.74. The van der Waals surface area contributed by atoms with Crippen molar-refractivity contribution >= 4 is 35.6 Å². The van der Waals surface area contributed by atoms with Gasteiger partial charge in [0, 0.05) is 46.7 Å². The zero-order valence-corrected chi connectivity index (χ0v) is 17.1. The van der Waals surface area contributed by atoms with Crippen LogP contribution in [0.2, 0.25) is 10.0 Å². The molecule has 27 heavy (non-hydrogen) atoms. The maximum absolute atomic E-state index is 6.21. The monoisotopic (exact) mass is 425 g/mol. The maximum Gasteiger partial charge on any atom is 0.124 e. The Morgan fingerprint density at radius 3 is 2.70 bits per heavy atom. The van der Waals surface area contributed by atoms with Crippen molar-refractivity contribution < 1.29 is 4.74 Å². The number of nitrogens with zero attached hydrogens (tertiary/aromatic N) is 2. The summed E-state index contributed by atoms with van der Waals surface area (Å²) in [6, 6.07) is 13.5. The highest BCUT2D eigenvalue weighted by molar-refractivity contribution is 6.35. The van der Waals surface area contributed by atoms with Crippen molar-refractivity contribution in [2.24, 2.45) is 0 Å². The van der Waals surface area contributed by atoms with Crippen LogP contribution in [0.1, 0.15) is 17.5 Å². The van der Waals surface area contributed by atoms with Gasteiger partial charge in [-0.15, -0.1) is 12.4 Å². The molecule has 0 saturated heterocycles. The molecule has 0 saturated carbocycles. The van der Waals surface area contributed by atoms with Crippen LogP contribution < -0.4 is 10.1 Å². The Morgan fingerprint density at radius 2 is 1.93 bits per heavy atom. The van der Waals surface area contributed by atoms with Gasteiger partial charge in [-0.2, -0.15) is 0 Å². The summed E-state index contributed by atoms with van der Waals surface area (Å²) < 4.78 is 8.06. The zero-order valence-electron chi connectivity index (χ0n) is 14.8. The van der Waals surface area contributed by atoms with Crippen LogP contribution in [0.4, 0.5) is 0 Å². The van der Waals surface area contributed by atoms with Gasteiger partial charge in [0.15, 0.2) is 0 Å². The first kappa shape index (κ1) is 21.6. The van der Waals surface area contributed by atoms with Gasteiger partial charge in [0.2, 0.25) is 0 Å². The molecule has 0 spiro atoms. The van der Waals surface area contributed by atoms with Crippen LogP contribution in [0.5, 0.6) is 5.75 Å². The molecule has 0 fully saturated rings. The molecule has 0 aliphatic carbocycles. The number of para-hydroxylation sites is 1. The second kappa shape index (κ2) is 11.2. The van der Waals surface area contributed by atoms with Crippen molar-refractivity contribution in [1.29, 1.82) is 0 Å². The first-order chi connectivity index (χ1) is 12.7. The summed E-state index contributed by atoms with van der Waals surface area (Å²) in [7, 11) is 0. The Kier molecular flexibility index (Phi) is 8.95. The summed E-state index contributed by atoms with van der Waals surface area (Å²) in [6.45, 7) is 3.05. The lowest BCUT2D eigenvalue weighted by molar-refractivity contribution is 0.302. The minimum atomic E-state index is 0. The molecular weight excluding hydrogens is 405 g/mol. The predicted octanol–water partition coefficient (Wildman–Crippen LogP) is 5.37. The van der Waals surface area contributed by atoms with E-state index in [0.29, 0.717) is 16.7 Å². The number of rotatable bonds is 9. The highest BCUT2D eigenvalue weighted by atomic mass is 35.5. The lowest BCUT2D eigenvalue weighted by Crippen LogP contribution is -2.17. The summed E-state index contributed by atoms with van der Waals surface area (Å²) in [5, 5.41) is 4.71. The van der Waals surface area contributed by atoms with Crippen molar-refractivity contribution in [2.75, 3.05) is 6.54 Å². The summed E-state index contributed by atoms with van der Waals surface area (Å²) in [4.78, 5) is 4.05. The molecule has 1 N–H and O–H groups in total. The average Bonchev–Trinajstić information content (AvgIpc) is 3.15. The molecule has 0 bridgehead atoms. The van der Waals surface area contributed by atoms with Gasteiger partial charge in [-0.05, 0) is 31.2 Å². The lowest BCUT2D eigenvalue weighted by Gasteiger charge is -2.13. The first-order valence-corrected chi connectivity index (χ1v) is 9.29. The van der Waals surface area contributed by atoms with Crippen molar-refractivity contribution in [1.82, 2.24) is 14.9 Å². The maximum atomic E-state index is 6.21. The largest absolute Gasteiger partial charge is 0.489 e. The minimum Gasteiger partial charge on any atom is -0.489 e. The molecule has 0 atom stereocenters. The summed E-state index contributed by atoms with van der Waals surface area (Å²) in [5.41, 5.74) is 2.04. The molecular formula is C20H22Cl3N3O. The second-order valence-corrected chi connectivity index (χ2v) is 6.81. The minimum absolute atomic E-state index is 0. The fourth-order valence-electron chi connectivity index (χ4n) is 2.61. The Labute approximate surface area is 175 Å². The molecule has 2 aromatic carbocycles. The van der Waals surface area contributed by atoms with Gasteiger partial charge in [0.1, 0.15) is 12.4 Å². The van der Waals surface area contributed by atoms with Gasteiger partial charge in [0.25, 0.3) is 0 Å². The van der Waals surface area contributed by atoms with E-state index in [4.69, 9.17) is 27.9 Å². The summed E-state index contributed by atoms with van der Waals surface area (Å²) >= 11 is 12.1. The smallest absolute Gasteiger partial charge is 0.124 e. The Balaban J connectivity index is 0.00000261. The van der Waals surface area contributed by atoms with E-state index in [1.807, 2.05) is 42.9 Å². The van der Waals surface area contributed by atoms with E-state index in [9.17, 15) is 0 Å². The van der Waals surface area contributed by atoms with Gasteiger partial charge < -0.3 is 14.6 Å². The van der Waals surface area contributed by atoms with Crippen LogP contribution in [0.3, 0.4) is 0 Å². The number of imidazole rings is 1. The molecule has 144 valence electrons. The topological polar surface area (TPSA) is 39.1 Å². The zero-order chi connectivity index (χ0) is 18.2. The molecule has 1 aromatic heterocycles. The molecule has 3 rings (SSSR count). The second-order valence-electron chi connectivity index (χ2n) is 5.96. The average molecular weight is 427 g/mol. The highest BCUT2D eigenvalue weighted by Crippen LogP contribution is 2.24. The molecule has 0 aliphatic rings. The van der Waals surface area contributed by atoms with E-state index >= 15 is 0 Å². The predicted molar refractivity (Wildman–Crippen MR) is 113 cm³/mol. The van der Waals surface area contributed by atoms with Crippen LogP contribution in [-0.4, -0.2) is 16.1 Å². The van der Waals surface area contributed by atoms with Gasteiger partial charge >= 0.3 is 0 Å². The Morgan fingerprint density at radius 1 is 1.07 bits per heavy atom. The molecule has 1 heterocycles. The molecule has 3 aromatic rings. The van der Waals surface area contributed by atoms with Crippen LogP contribution in [0.15, 0.2) is 61.2 Å². The number of benzene rings is 2. The third-order valence-corrected chi connectivity index (χ3v) is 4.60. The number of halogens is 3. The standard InChI is InChI=1S/C20H21Cl2N3O.ClH/c21-18-7-6-17(19(22)12-18)14-26-20-5-2-1-4-16(20)13-23-8-3-10-25-11-9-24-15-25;/h1-2,4-7,9,11-12,15,23H,3,8,10,13-14H2;1H. The van der Waals surface area contributed by atoms with Crippen LogP contribution >= 0.6 is 35.6 Å². The molecule has 0 aliphatic heterocycles. The molecule has 0 radical (unpaired) electrons. The third-order valence-electron chi connectivity index (χ3n) is 4.02. The van der Waals surface area contributed by atoms with Crippen molar-refractivity contribution in [3.05, 3.63) is 82.4 Å². The van der Waals surface area contributed by atoms with Crippen LogP contribution in [-0.2, 0) is 19.7 Å². The Bertz CT molecular complexity index is 825. The molecule has 4 nitrogen and oxygen atoms in total. The van der Waals surface area contributed by atoms with Crippen molar-refractivity contribution in [3.63, 3.8) is 0 Å². The van der Waals surface area contributed by atoms with Crippen molar-refractivity contribution in [2.45, 2.75) is 26.1 Å². The fraction of sp³-hybridized carbons (Fsp3) is 0.250. The van der Waals surface area contributed by atoms with Crippen LogP contribution in [0.25, 0.3) is 0 Å². The molecule has 0 unspecified atom stereocenters.